The highest BCUT2D eigenvalue weighted by atomic mass is 16.7. The van der Waals surface area contributed by atoms with Crippen LogP contribution in [0.3, 0.4) is 0 Å². The lowest BCUT2D eigenvalue weighted by atomic mass is 9.78. The van der Waals surface area contributed by atoms with E-state index in [0.29, 0.717) is 5.41 Å². The van der Waals surface area contributed by atoms with Gasteiger partial charge in [-0.05, 0) is 37.5 Å². The zero-order valence-corrected chi connectivity index (χ0v) is 12.8. The first-order chi connectivity index (χ1) is 8.53. The van der Waals surface area contributed by atoms with Gasteiger partial charge in [-0.1, -0.05) is 26.7 Å². The van der Waals surface area contributed by atoms with Crippen molar-refractivity contribution in [1.82, 2.24) is 5.32 Å². The van der Waals surface area contributed by atoms with Gasteiger partial charge in [0.05, 0.1) is 6.04 Å². The van der Waals surface area contributed by atoms with E-state index in [4.69, 9.17) is 9.47 Å². The molecule has 1 unspecified atom stereocenters. The van der Waals surface area contributed by atoms with Gasteiger partial charge in [0.25, 0.3) is 0 Å². The number of nitrogens with one attached hydrogen (secondary N) is 1. The van der Waals surface area contributed by atoms with Crippen molar-refractivity contribution in [3.05, 3.63) is 0 Å². The molecule has 1 N–H and O–H groups in total. The van der Waals surface area contributed by atoms with E-state index < -0.39 is 0 Å². The molecule has 0 radical (unpaired) electrons. The Morgan fingerprint density at radius 1 is 1.06 bits per heavy atom. The zero-order chi connectivity index (χ0) is 13.6. The standard InChI is InChI=1S/C15H31NO2/c1-12(2)10-15(8-6-7-9-15)11-16-13(3)14(17-4)18-5/h12-14,16H,6-11H2,1-5H3. The van der Waals surface area contributed by atoms with Crippen molar-refractivity contribution in [3.8, 4) is 0 Å². The fraction of sp³-hybridized carbons (Fsp3) is 1.00. The quantitative estimate of drug-likeness (QED) is 0.677. The van der Waals surface area contributed by atoms with E-state index >= 15 is 0 Å². The van der Waals surface area contributed by atoms with Crippen LogP contribution in [0.25, 0.3) is 0 Å². The fourth-order valence-corrected chi connectivity index (χ4v) is 3.42. The number of hydrogen-bond acceptors (Lipinski definition) is 3. The molecular formula is C15H31NO2. The van der Waals surface area contributed by atoms with Crippen LogP contribution in [0.2, 0.25) is 0 Å². The van der Waals surface area contributed by atoms with E-state index in [2.05, 4.69) is 26.1 Å². The van der Waals surface area contributed by atoms with Crippen molar-refractivity contribution in [2.45, 2.75) is 65.2 Å². The van der Waals surface area contributed by atoms with Crippen LogP contribution in [-0.2, 0) is 9.47 Å². The Kier molecular flexibility index (Phi) is 6.61. The summed E-state index contributed by atoms with van der Waals surface area (Å²) in [5.41, 5.74) is 0.508. The molecule has 1 saturated carbocycles. The third-order valence-corrected chi connectivity index (χ3v) is 4.18. The van der Waals surface area contributed by atoms with Crippen LogP contribution in [0.1, 0.15) is 52.9 Å². The minimum absolute atomic E-state index is 0.150. The average Bonchev–Trinajstić information content (AvgIpc) is 2.76. The molecule has 1 aliphatic rings. The molecule has 0 heterocycles. The van der Waals surface area contributed by atoms with Gasteiger partial charge in [0, 0.05) is 20.8 Å². The maximum absolute atomic E-state index is 5.31. The molecule has 108 valence electrons. The van der Waals surface area contributed by atoms with Gasteiger partial charge in [0.1, 0.15) is 0 Å². The SMILES string of the molecule is COC(OC)C(C)NCC1(CC(C)C)CCCC1. The molecule has 3 nitrogen and oxygen atoms in total. The largest absolute Gasteiger partial charge is 0.354 e. The van der Waals surface area contributed by atoms with Crippen LogP contribution >= 0.6 is 0 Å². The third-order valence-electron chi connectivity index (χ3n) is 4.18. The molecule has 1 aliphatic carbocycles. The summed E-state index contributed by atoms with van der Waals surface area (Å²) in [4.78, 5) is 0. The Labute approximate surface area is 113 Å². The monoisotopic (exact) mass is 257 g/mol. The van der Waals surface area contributed by atoms with Gasteiger partial charge in [-0.25, -0.2) is 0 Å². The highest BCUT2D eigenvalue weighted by molar-refractivity contribution is 4.88. The van der Waals surface area contributed by atoms with Gasteiger partial charge in [-0.2, -0.15) is 0 Å². The average molecular weight is 257 g/mol. The molecule has 1 atom stereocenters. The molecule has 0 aromatic heterocycles. The second-order valence-corrected chi connectivity index (χ2v) is 6.31. The zero-order valence-electron chi connectivity index (χ0n) is 12.8. The van der Waals surface area contributed by atoms with E-state index in [1.54, 1.807) is 14.2 Å². The molecule has 0 saturated heterocycles. The van der Waals surface area contributed by atoms with Crippen LogP contribution in [0.5, 0.6) is 0 Å². The van der Waals surface area contributed by atoms with Crippen molar-refractivity contribution >= 4 is 0 Å². The maximum Gasteiger partial charge on any atom is 0.171 e. The van der Waals surface area contributed by atoms with Gasteiger partial charge in [0.15, 0.2) is 6.29 Å². The van der Waals surface area contributed by atoms with Crippen molar-refractivity contribution in [2.24, 2.45) is 11.3 Å². The minimum Gasteiger partial charge on any atom is -0.354 e. The summed E-state index contributed by atoms with van der Waals surface area (Å²) in [6, 6.07) is 0.240. The summed E-state index contributed by atoms with van der Waals surface area (Å²) in [5, 5.41) is 3.62. The lowest BCUT2D eigenvalue weighted by molar-refractivity contribution is -0.120. The van der Waals surface area contributed by atoms with Crippen LogP contribution < -0.4 is 5.32 Å². The van der Waals surface area contributed by atoms with Gasteiger partial charge in [0.2, 0.25) is 0 Å². The van der Waals surface area contributed by atoms with E-state index in [9.17, 15) is 0 Å². The summed E-state index contributed by atoms with van der Waals surface area (Å²) in [6.07, 6.45) is 6.70. The molecule has 3 heteroatoms. The molecule has 0 bridgehead atoms. The summed E-state index contributed by atoms with van der Waals surface area (Å²) < 4.78 is 10.6. The third kappa shape index (κ3) is 4.52. The van der Waals surface area contributed by atoms with Crippen LogP contribution in [0, 0.1) is 11.3 Å². The fourth-order valence-electron chi connectivity index (χ4n) is 3.42. The molecule has 1 rings (SSSR count). The molecule has 0 aliphatic heterocycles. The predicted octanol–water partition coefficient (Wildman–Crippen LogP) is 3.19. The van der Waals surface area contributed by atoms with Crippen LogP contribution in [0.15, 0.2) is 0 Å². The Morgan fingerprint density at radius 2 is 1.61 bits per heavy atom. The number of hydrogen-bond donors (Lipinski definition) is 1. The van der Waals surface area contributed by atoms with Crippen molar-refractivity contribution in [2.75, 3.05) is 20.8 Å². The Morgan fingerprint density at radius 3 is 2.06 bits per heavy atom. The molecule has 0 amide bonds. The molecule has 0 spiro atoms. The van der Waals surface area contributed by atoms with Gasteiger partial charge in [-0.15, -0.1) is 0 Å². The topological polar surface area (TPSA) is 30.5 Å². The van der Waals surface area contributed by atoms with E-state index in [1.165, 1.54) is 32.1 Å². The maximum atomic E-state index is 5.31. The smallest absolute Gasteiger partial charge is 0.171 e. The van der Waals surface area contributed by atoms with E-state index in [-0.39, 0.29) is 12.3 Å². The predicted molar refractivity (Wildman–Crippen MR) is 75.6 cm³/mol. The van der Waals surface area contributed by atoms with E-state index in [1.807, 2.05) is 0 Å². The molecule has 0 aromatic carbocycles. The van der Waals surface area contributed by atoms with Crippen molar-refractivity contribution < 1.29 is 9.47 Å². The van der Waals surface area contributed by atoms with Crippen LogP contribution in [0.4, 0.5) is 0 Å². The van der Waals surface area contributed by atoms with Crippen LogP contribution in [-0.4, -0.2) is 33.1 Å². The Bertz CT molecular complexity index is 221. The second kappa shape index (κ2) is 7.46. The first kappa shape index (κ1) is 15.9. The highest BCUT2D eigenvalue weighted by Crippen LogP contribution is 2.42. The van der Waals surface area contributed by atoms with E-state index in [0.717, 1.165) is 12.5 Å². The van der Waals surface area contributed by atoms with Gasteiger partial charge in [-0.3, -0.25) is 0 Å². The molecule has 18 heavy (non-hydrogen) atoms. The van der Waals surface area contributed by atoms with Gasteiger partial charge < -0.3 is 14.8 Å². The first-order valence-corrected chi connectivity index (χ1v) is 7.32. The summed E-state index contributed by atoms with van der Waals surface area (Å²) >= 11 is 0. The molecule has 0 aromatic rings. The lowest BCUT2D eigenvalue weighted by Crippen LogP contribution is -2.44. The normalized spacial score (nSPS) is 20.8. The highest BCUT2D eigenvalue weighted by Gasteiger charge is 2.34. The summed E-state index contributed by atoms with van der Waals surface area (Å²) in [6.45, 7) is 7.89. The summed E-state index contributed by atoms with van der Waals surface area (Å²) in [7, 11) is 3.40. The second-order valence-electron chi connectivity index (χ2n) is 6.31. The first-order valence-electron chi connectivity index (χ1n) is 7.32. The Balaban J connectivity index is 2.47. The van der Waals surface area contributed by atoms with Crippen molar-refractivity contribution in [3.63, 3.8) is 0 Å². The molecule has 1 fully saturated rings. The van der Waals surface area contributed by atoms with Gasteiger partial charge >= 0.3 is 0 Å². The number of rotatable bonds is 8. The van der Waals surface area contributed by atoms with Crippen molar-refractivity contribution in [1.29, 1.82) is 0 Å². The number of methoxy groups -OCH3 is 2. The molecular weight excluding hydrogens is 226 g/mol. The summed E-state index contributed by atoms with van der Waals surface area (Å²) in [5.74, 6) is 0.779. The number of ether oxygens (including phenoxy) is 2. The lowest BCUT2D eigenvalue weighted by Gasteiger charge is -2.34. The minimum atomic E-state index is -0.150. The Hall–Kier alpha value is -0.120.